The molecule has 3 atom stereocenters. The van der Waals surface area contributed by atoms with Crippen molar-refractivity contribution in [2.75, 3.05) is 18.5 Å². The predicted octanol–water partition coefficient (Wildman–Crippen LogP) is 3.55. The fourth-order valence-electron chi connectivity index (χ4n) is 4.47. The number of amides is 3. The van der Waals surface area contributed by atoms with Gasteiger partial charge in [-0.25, -0.2) is 0 Å². The van der Waals surface area contributed by atoms with Crippen LogP contribution in [0.2, 0.25) is 5.02 Å². The molecule has 0 bridgehead atoms. The summed E-state index contributed by atoms with van der Waals surface area (Å²) < 4.78 is 6.52. The first-order chi connectivity index (χ1) is 18.1. The molecule has 196 valence electrons. The van der Waals surface area contributed by atoms with E-state index in [0.29, 0.717) is 30.6 Å². The van der Waals surface area contributed by atoms with Crippen molar-refractivity contribution in [3.05, 3.63) is 72.1 Å². The highest BCUT2D eigenvalue weighted by atomic mass is 79.9. The third-order valence-electron chi connectivity index (χ3n) is 6.00. The summed E-state index contributed by atoms with van der Waals surface area (Å²) in [4.78, 5) is 66.3. The minimum atomic E-state index is -1.31. The van der Waals surface area contributed by atoms with Crippen LogP contribution in [-0.4, -0.2) is 57.1 Å². The Morgan fingerprint density at radius 1 is 1.13 bits per heavy atom. The smallest absolute Gasteiger partial charge is 0.323 e. The number of fused-ring (bicyclic) bond motifs is 2. The quantitative estimate of drug-likeness (QED) is 0.333. The number of thioether (sulfide) groups is 1. The Balaban J connectivity index is 1.49. The van der Waals surface area contributed by atoms with Crippen LogP contribution in [0.3, 0.4) is 0 Å². The lowest BCUT2D eigenvalue weighted by Crippen LogP contribution is -2.36. The zero-order valence-corrected chi connectivity index (χ0v) is 23.1. The lowest BCUT2D eigenvalue weighted by Gasteiger charge is -2.31. The van der Waals surface area contributed by atoms with Crippen molar-refractivity contribution in [1.29, 1.82) is 0 Å². The first-order valence-electron chi connectivity index (χ1n) is 11.1. The van der Waals surface area contributed by atoms with Crippen LogP contribution in [0.25, 0.3) is 0 Å². The van der Waals surface area contributed by atoms with Gasteiger partial charge >= 0.3 is 10.8 Å². The highest BCUT2D eigenvalue weighted by Crippen LogP contribution is 2.54. The number of halogens is 2. The summed E-state index contributed by atoms with van der Waals surface area (Å²) in [6.07, 6.45) is 0. The molecule has 0 saturated carbocycles. The molecule has 2 aliphatic rings. The van der Waals surface area contributed by atoms with Crippen molar-refractivity contribution in [3.8, 4) is 5.75 Å². The number of carboxylic acids is 1. The summed E-state index contributed by atoms with van der Waals surface area (Å²) in [7, 11) is 0. The number of hydrogen-bond donors (Lipinski definition) is 3. The van der Waals surface area contributed by atoms with Crippen molar-refractivity contribution in [3.63, 3.8) is 0 Å². The van der Waals surface area contributed by atoms with Gasteiger partial charge in [0.15, 0.2) is 6.61 Å². The summed E-state index contributed by atoms with van der Waals surface area (Å²) >= 11 is 11.3. The number of carbonyl (C=O) groups excluding carboxylic acids is 3. The molecule has 1 aromatic heterocycles. The zero-order chi connectivity index (χ0) is 27.1. The molecular weight excluding hydrogens is 622 g/mol. The van der Waals surface area contributed by atoms with Gasteiger partial charge in [-0.3, -0.25) is 28.9 Å². The number of aliphatic carboxylic acids is 1. The lowest BCUT2D eigenvalue weighted by atomic mass is 9.82. The Labute approximate surface area is 236 Å². The number of rotatable bonds is 7. The van der Waals surface area contributed by atoms with Crippen molar-refractivity contribution >= 4 is 80.0 Å². The first kappa shape index (κ1) is 26.5. The summed E-state index contributed by atoms with van der Waals surface area (Å²) in [5, 5.41) is 12.0. The second-order valence-corrected chi connectivity index (χ2v) is 12.0. The Hall–Kier alpha value is -3.13. The Kier molecular flexibility index (Phi) is 7.36. The third kappa shape index (κ3) is 5.10. The molecule has 1 fully saturated rings. The van der Waals surface area contributed by atoms with Gasteiger partial charge in [0.05, 0.1) is 10.9 Å². The minimum Gasteiger partial charge on any atom is -0.483 e. The molecule has 3 heterocycles. The zero-order valence-electron chi connectivity index (χ0n) is 19.1. The number of aromatic amines is 1. The number of carboxylic acid groups (broad SMARTS) is 1. The van der Waals surface area contributed by atoms with Gasteiger partial charge in [-0.05, 0) is 42.5 Å². The third-order valence-corrected chi connectivity index (χ3v) is 9.15. The number of imide groups is 1. The molecule has 10 nitrogen and oxygen atoms in total. The van der Waals surface area contributed by atoms with Crippen LogP contribution in [0.1, 0.15) is 16.4 Å². The molecule has 14 heteroatoms. The Morgan fingerprint density at radius 2 is 1.87 bits per heavy atom. The van der Waals surface area contributed by atoms with Gasteiger partial charge in [-0.15, -0.1) is 0 Å². The molecule has 1 saturated heterocycles. The van der Waals surface area contributed by atoms with E-state index in [2.05, 4.69) is 26.2 Å². The first-order valence-corrected chi connectivity index (χ1v) is 13.9. The van der Waals surface area contributed by atoms with Crippen LogP contribution in [0, 0.1) is 5.92 Å². The molecule has 5 rings (SSSR count). The van der Waals surface area contributed by atoms with E-state index in [1.54, 1.807) is 42.5 Å². The van der Waals surface area contributed by atoms with Gasteiger partial charge in [-0.1, -0.05) is 50.6 Å². The number of likely N-dealkylation sites (tertiary alicyclic amines) is 1. The number of ether oxygens (including phenoxy) is 1. The van der Waals surface area contributed by atoms with Crippen LogP contribution < -0.4 is 14.9 Å². The molecule has 0 spiro atoms. The van der Waals surface area contributed by atoms with Crippen LogP contribution in [-0.2, 0) is 19.2 Å². The monoisotopic (exact) mass is 637 g/mol. The lowest BCUT2D eigenvalue weighted by molar-refractivity contribution is -0.149. The molecule has 3 amide bonds. The second kappa shape index (κ2) is 10.6. The molecular formula is C24H17BrClN3O7S2. The maximum absolute atomic E-state index is 13.4. The van der Waals surface area contributed by atoms with E-state index in [1.165, 1.54) is 0 Å². The van der Waals surface area contributed by atoms with E-state index in [1.807, 2.05) is 0 Å². The fourth-order valence-corrected chi connectivity index (χ4v) is 7.50. The normalized spacial score (nSPS) is 20.2. The van der Waals surface area contributed by atoms with Crippen molar-refractivity contribution < 1.29 is 29.0 Å². The van der Waals surface area contributed by atoms with Crippen molar-refractivity contribution in [2.45, 2.75) is 16.2 Å². The highest BCUT2D eigenvalue weighted by molar-refractivity contribution is 9.10. The summed E-state index contributed by atoms with van der Waals surface area (Å²) in [6.45, 7) is -1.12. The molecule has 0 radical (unpaired) electrons. The largest absolute Gasteiger partial charge is 0.483 e. The molecule has 3 N–H and O–H groups in total. The molecule has 0 aliphatic carbocycles. The van der Waals surface area contributed by atoms with E-state index in [-0.39, 0.29) is 17.2 Å². The topological polar surface area (TPSA) is 146 Å². The predicted molar refractivity (Wildman–Crippen MR) is 144 cm³/mol. The van der Waals surface area contributed by atoms with E-state index >= 15 is 0 Å². The molecule has 2 aliphatic heterocycles. The molecule has 3 aromatic rings. The molecule has 38 heavy (non-hydrogen) atoms. The van der Waals surface area contributed by atoms with Gasteiger partial charge in [0.1, 0.15) is 17.5 Å². The van der Waals surface area contributed by atoms with Gasteiger partial charge in [-0.2, -0.15) is 0 Å². The number of carbonyl (C=O) groups is 4. The van der Waals surface area contributed by atoms with E-state index in [4.69, 9.17) is 16.3 Å². The number of hydrogen-bond acceptors (Lipinski definition) is 8. The highest BCUT2D eigenvalue weighted by Gasteiger charge is 2.56. The van der Waals surface area contributed by atoms with E-state index in [9.17, 15) is 29.1 Å². The number of benzene rings is 2. The minimum absolute atomic E-state index is 0.277. The number of nitrogens with one attached hydrogen (secondary N) is 2. The number of thiazole rings is 1. The maximum atomic E-state index is 13.4. The van der Waals surface area contributed by atoms with Crippen LogP contribution in [0.4, 0.5) is 5.69 Å². The number of anilines is 1. The number of nitrogens with zero attached hydrogens (tertiary/aromatic N) is 1. The van der Waals surface area contributed by atoms with E-state index in [0.717, 1.165) is 28.0 Å². The maximum Gasteiger partial charge on any atom is 0.323 e. The molecule has 2 aromatic carbocycles. The summed E-state index contributed by atoms with van der Waals surface area (Å²) in [5.41, 5.74) is 1.00. The van der Waals surface area contributed by atoms with Crippen LogP contribution >= 0.6 is 50.6 Å². The average Bonchev–Trinajstić information content (AvgIpc) is 3.35. The van der Waals surface area contributed by atoms with Gasteiger partial charge in [0, 0.05) is 31.5 Å². The fraction of sp³-hybridized carbons (Fsp3) is 0.208. The van der Waals surface area contributed by atoms with Crippen LogP contribution in [0.5, 0.6) is 5.75 Å². The summed E-state index contributed by atoms with van der Waals surface area (Å²) in [6, 6.07) is 11.6. The SMILES string of the molecule is O=C(O)CN1C(=O)C2Sc3[nH]c(=O)sc3[C@@H](c3cc(Br)ccc3OCC(=O)Nc3ccc(Cl)cc3)C2C1=O. The second-order valence-electron chi connectivity index (χ2n) is 8.43. The van der Waals surface area contributed by atoms with E-state index < -0.39 is 47.3 Å². The van der Waals surface area contributed by atoms with Crippen molar-refractivity contribution in [1.82, 2.24) is 9.88 Å². The van der Waals surface area contributed by atoms with Gasteiger partial charge in [0.2, 0.25) is 11.8 Å². The average molecular weight is 639 g/mol. The van der Waals surface area contributed by atoms with Gasteiger partial charge in [0.25, 0.3) is 5.91 Å². The number of H-pyrrole nitrogens is 1. The van der Waals surface area contributed by atoms with Crippen molar-refractivity contribution in [2.24, 2.45) is 5.92 Å². The van der Waals surface area contributed by atoms with Crippen LogP contribution in [0.15, 0.2) is 56.8 Å². The molecule has 2 unspecified atom stereocenters. The number of aromatic nitrogens is 1. The Morgan fingerprint density at radius 3 is 2.58 bits per heavy atom. The standard InChI is InChI=1S/C24H17BrClN3O7S2/c25-10-1-6-14(36-9-15(30)27-12-4-2-11(26)3-5-12)13(7-10)17-18-20(37-21-19(17)38-24(35)28-21)23(34)29(22(18)33)8-16(31)32/h1-7,17-18,20H,8-9H2,(H,27,30)(H,28,35)(H,31,32)/t17-,18?,20?/m0/s1. The van der Waals surface area contributed by atoms with Gasteiger partial charge < -0.3 is 20.1 Å². The Bertz CT molecular complexity index is 1520. The summed E-state index contributed by atoms with van der Waals surface area (Å²) in [5.74, 6) is -4.50.